The summed E-state index contributed by atoms with van der Waals surface area (Å²) in [5.41, 5.74) is 10.6. The van der Waals surface area contributed by atoms with Gasteiger partial charge in [0.25, 0.3) is 0 Å². The van der Waals surface area contributed by atoms with Crippen LogP contribution in [0.1, 0.15) is 0 Å². The Morgan fingerprint density at radius 1 is 0.304 bits per heavy atom. The topological polar surface area (TPSA) is 45.9 Å². The van der Waals surface area contributed by atoms with Gasteiger partial charge in [-0.15, -0.1) is 0 Å². The van der Waals surface area contributed by atoms with E-state index in [-0.39, 0.29) is 0 Å². The van der Waals surface area contributed by atoms with Crippen LogP contribution in [0.2, 0.25) is 0 Å². The van der Waals surface area contributed by atoms with Crippen molar-refractivity contribution in [2.45, 2.75) is 0 Å². The maximum atomic E-state index is 6.58. The fourth-order valence-electron chi connectivity index (χ4n) is 8.33. The zero-order valence-corrected chi connectivity index (χ0v) is 30.7. The first-order valence-corrected chi connectivity index (χ1v) is 19.5. The molecular weight excluding hydrogens is 709 g/mol. The smallest absolute Gasteiger partial charge is 0.190 e. The Hall–Kier alpha value is -7.28. The quantitative estimate of drug-likeness (QED) is 0.170. The molecule has 0 bridgehead atoms. The SMILES string of the molecule is c1ccc(N(c2ccc3c(c2)oc2ccccc23)c2ccc3c(c2)sc2oc4ccc(N(c5ccccc5)c5ccc6c(c5)oc5ccccc56)cc4c23)cc1. The average Bonchev–Trinajstić information content (AvgIpc) is 4.00. The Morgan fingerprint density at radius 2 is 0.750 bits per heavy atom. The number of nitrogens with zero attached hydrogens (tertiary/aromatic N) is 2. The number of furan rings is 3. The maximum Gasteiger partial charge on any atom is 0.190 e. The van der Waals surface area contributed by atoms with Gasteiger partial charge in [-0.1, -0.05) is 90.2 Å². The molecule has 0 unspecified atom stereocenters. The molecule has 4 heterocycles. The van der Waals surface area contributed by atoms with Gasteiger partial charge in [0.1, 0.15) is 27.9 Å². The predicted molar refractivity (Wildman–Crippen MR) is 233 cm³/mol. The zero-order chi connectivity index (χ0) is 36.7. The lowest BCUT2D eigenvalue weighted by molar-refractivity contribution is 0.668. The number of thiophene rings is 1. The molecule has 0 aliphatic heterocycles. The minimum Gasteiger partial charge on any atom is -0.456 e. The van der Waals surface area contributed by atoms with Crippen molar-refractivity contribution in [2.24, 2.45) is 0 Å². The molecule has 0 fully saturated rings. The summed E-state index contributed by atoms with van der Waals surface area (Å²) in [6, 6.07) is 63.6. The molecule has 0 spiro atoms. The highest BCUT2D eigenvalue weighted by Crippen LogP contribution is 2.47. The highest BCUT2D eigenvalue weighted by molar-refractivity contribution is 7.25. The van der Waals surface area contributed by atoms with Crippen LogP contribution in [-0.4, -0.2) is 0 Å². The van der Waals surface area contributed by atoms with Gasteiger partial charge in [-0.25, -0.2) is 0 Å². The summed E-state index contributed by atoms with van der Waals surface area (Å²) < 4.78 is 20.4. The molecule has 5 nitrogen and oxygen atoms in total. The summed E-state index contributed by atoms with van der Waals surface area (Å²) in [7, 11) is 0. The molecule has 0 amide bonds. The van der Waals surface area contributed by atoms with Crippen LogP contribution in [0, 0.1) is 0 Å². The second-order valence-corrected chi connectivity index (χ2v) is 15.1. The molecule has 264 valence electrons. The van der Waals surface area contributed by atoms with Crippen LogP contribution in [0.3, 0.4) is 0 Å². The van der Waals surface area contributed by atoms with Gasteiger partial charge in [0, 0.05) is 88.7 Å². The average molecular weight is 739 g/mol. The minimum absolute atomic E-state index is 0.859. The van der Waals surface area contributed by atoms with Gasteiger partial charge < -0.3 is 23.1 Å². The zero-order valence-electron chi connectivity index (χ0n) is 29.8. The van der Waals surface area contributed by atoms with Gasteiger partial charge in [-0.2, -0.15) is 0 Å². The van der Waals surface area contributed by atoms with Crippen molar-refractivity contribution in [1.29, 1.82) is 0 Å². The normalized spacial score (nSPS) is 11.9. The number of anilines is 6. The molecule has 8 aromatic carbocycles. The number of benzene rings is 8. The largest absolute Gasteiger partial charge is 0.456 e. The third kappa shape index (κ3) is 4.79. The summed E-state index contributed by atoms with van der Waals surface area (Å²) >= 11 is 1.69. The Balaban J connectivity index is 0.993. The van der Waals surface area contributed by atoms with Crippen molar-refractivity contribution in [2.75, 3.05) is 9.80 Å². The van der Waals surface area contributed by atoms with Crippen LogP contribution in [-0.2, 0) is 0 Å². The second kappa shape index (κ2) is 12.1. The lowest BCUT2D eigenvalue weighted by atomic mass is 10.1. The van der Waals surface area contributed by atoms with Gasteiger partial charge in [-0.05, 0) is 91.0 Å². The van der Waals surface area contributed by atoms with Crippen molar-refractivity contribution in [1.82, 2.24) is 0 Å². The summed E-state index contributed by atoms with van der Waals surface area (Å²) in [5, 5.41) is 7.83. The van der Waals surface area contributed by atoms with E-state index in [2.05, 4.69) is 168 Å². The number of fused-ring (bicyclic) bond motifs is 11. The monoisotopic (exact) mass is 738 g/mol. The van der Waals surface area contributed by atoms with Crippen molar-refractivity contribution in [3.8, 4) is 0 Å². The van der Waals surface area contributed by atoms with Crippen molar-refractivity contribution in [3.63, 3.8) is 0 Å². The van der Waals surface area contributed by atoms with Gasteiger partial charge in [-0.3, -0.25) is 0 Å². The molecule has 0 atom stereocenters. The van der Waals surface area contributed by atoms with Crippen molar-refractivity contribution in [3.05, 3.63) is 182 Å². The van der Waals surface area contributed by atoms with Gasteiger partial charge in [0.15, 0.2) is 4.90 Å². The van der Waals surface area contributed by atoms with E-state index >= 15 is 0 Å². The minimum atomic E-state index is 0.859. The third-order valence-electron chi connectivity index (χ3n) is 10.9. The first kappa shape index (κ1) is 31.1. The Kier molecular flexibility index (Phi) is 6.73. The molecule has 0 saturated heterocycles. The summed E-state index contributed by atoms with van der Waals surface area (Å²) in [4.78, 5) is 5.49. The molecule has 0 saturated carbocycles. The molecule has 56 heavy (non-hydrogen) atoms. The number of hydrogen-bond acceptors (Lipinski definition) is 6. The molecule has 0 N–H and O–H groups in total. The lowest BCUT2D eigenvalue weighted by Crippen LogP contribution is -2.09. The molecule has 12 aromatic rings. The summed E-state index contributed by atoms with van der Waals surface area (Å²) in [5.74, 6) is 0. The number of rotatable bonds is 6. The fourth-order valence-corrected chi connectivity index (χ4v) is 9.44. The van der Waals surface area contributed by atoms with E-state index in [9.17, 15) is 0 Å². The number of para-hydroxylation sites is 4. The van der Waals surface area contributed by atoms with E-state index in [1.165, 1.54) is 5.39 Å². The van der Waals surface area contributed by atoms with Crippen molar-refractivity contribution < 1.29 is 13.3 Å². The van der Waals surface area contributed by atoms with E-state index in [1.54, 1.807) is 11.3 Å². The van der Waals surface area contributed by atoms with Crippen LogP contribution >= 0.6 is 11.3 Å². The maximum absolute atomic E-state index is 6.58. The van der Waals surface area contributed by atoms with E-state index in [0.717, 1.165) is 104 Å². The number of hydrogen-bond donors (Lipinski definition) is 0. The Labute approximate surface area is 324 Å². The molecule has 0 aliphatic rings. The van der Waals surface area contributed by atoms with Gasteiger partial charge in [0.05, 0.1) is 0 Å². The highest BCUT2D eigenvalue weighted by atomic mass is 32.1. The van der Waals surface area contributed by atoms with E-state index in [1.807, 2.05) is 24.3 Å². The summed E-state index contributed by atoms with van der Waals surface area (Å²) in [6.45, 7) is 0. The van der Waals surface area contributed by atoms with Crippen LogP contribution in [0.15, 0.2) is 195 Å². The second-order valence-electron chi connectivity index (χ2n) is 14.1. The van der Waals surface area contributed by atoms with Gasteiger partial charge in [0.2, 0.25) is 0 Å². The van der Waals surface area contributed by atoms with E-state index in [0.29, 0.717) is 0 Å². The Morgan fingerprint density at radius 3 is 1.34 bits per heavy atom. The van der Waals surface area contributed by atoms with Crippen molar-refractivity contribution >= 4 is 121 Å². The van der Waals surface area contributed by atoms with Crippen LogP contribution < -0.4 is 9.80 Å². The first-order chi connectivity index (χ1) is 27.7. The molecule has 12 rings (SSSR count). The molecule has 4 aromatic heterocycles. The van der Waals surface area contributed by atoms with Crippen LogP contribution in [0.25, 0.3) is 75.2 Å². The third-order valence-corrected chi connectivity index (χ3v) is 11.9. The Bertz CT molecular complexity index is 3450. The fraction of sp³-hybridized carbons (Fsp3) is 0. The molecule has 0 radical (unpaired) electrons. The van der Waals surface area contributed by atoms with Gasteiger partial charge >= 0.3 is 0 Å². The van der Waals surface area contributed by atoms with Crippen LogP contribution in [0.5, 0.6) is 0 Å². The molecular formula is C50H30N2O3S. The molecule has 6 heteroatoms. The first-order valence-electron chi connectivity index (χ1n) is 18.7. The standard InChI is InChI=1S/C50H30N2O3S/c1-3-11-31(12-4-1)51(34-19-23-39-37-15-7-9-17-43(37)53-46(39)28-34)33-22-26-45-42(27-33)49-41-25-21-36(30-48(41)56-50(49)55-45)52(32-13-5-2-6-14-32)35-20-24-40-38-16-8-10-18-44(38)54-47(40)29-35/h1-30H. The van der Waals surface area contributed by atoms with E-state index in [4.69, 9.17) is 13.3 Å². The molecule has 0 aliphatic carbocycles. The highest BCUT2D eigenvalue weighted by Gasteiger charge is 2.21. The summed E-state index contributed by atoms with van der Waals surface area (Å²) in [6.07, 6.45) is 0. The lowest BCUT2D eigenvalue weighted by Gasteiger charge is -2.25. The predicted octanol–water partition coefficient (Wildman–Crippen LogP) is 15.5. The van der Waals surface area contributed by atoms with Crippen LogP contribution in [0.4, 0.5) is 34.1 Å². The van der Waals surface area contributed by atoms with E-state index < -0.39 is 0 Å².